The van der Waals surface area contributed by atoms with Crippen molar-refractivity contribution in [2.75, 3.05) is 7.11 Å². The molecule has 0 aliphatic carbocycles. The Morgan fingerprint density at radius 1 is 1.29 bits per heavy atom. The Bertz CT molecular complexity index is 348. The highest BCUT2D eigenvalue weighted by molar-refractivity contribution is 9.10. The molecule has 0 radical (unpaired) electrons. The van der Waals surface area contributed by atoms with E-state index in [1.54, 1.807) is 0 Å². The number of hydrogen-bond acceptors (Lipinski definition) is 1. The first kappa shape index (κ1) is 11.3. The van der Waals surface area contributed by atoms with Crippen LogP contribution in [0.1, 0.15) is 5.56 Å². The Balaban J connectivity index is 3.39. The molecule has 0 aliphatic heterocycles. The molecule has 0 aliphatic rings. The molecule has 0 bridgehead atoms. The highest BCUT2D eigenvalue weighted by atomic mass is 79.9. The zero-order chi connectivity index (χ0) is 10.9. The zero-order valence-electron chi connectivity index (χ0n) is 6.95. The molecule has 0 saturated carbocycles. The van der Waals surface area contributed by atoms with Gasteiger partial charge in [-0.15, -0.1) is 0 Å². The lowest BCUT2D eigenvalue weighted by atomic mass is 10.2. The van der Waals surface area contributed by atoms with E-state index in [9.17, 15) is 17.6 Å². The van der Waals surface area contributed by atoms with Gasteiger partial charge < -0.3 is 4.74 Å². The van der Waals surface area contributed by atoms with Crippen LogP contribution in [-0.4, -0.2) is 7.11 Å². The molecule has 0 fully saturated rings. The van der Waals surface area contributed by atoms with Gasteiger partial charge in [-0.05, 0) is 28.1 Å². The molecule has 0 unspecified atom stereocenters. The van der Waals surface area contributed by atoms with Crippen LogP contribution in [0.15, 0.2) is 16.6 Å². The molecule has 6 heteroatoms. The number of rotatable bonds is 1. The minimum atomic E-state index is -4.55. The third-order valence-corrected chi connectivity index (χ3v) is 2.30. The summed E-state index contributed by atoms with van der Waals surface area (Å²) >= 11 is 2.68. The lowest BCUT2D eigenvalue weighted by Gasteiger charge is -2.13. The molecule has 0 amide bonds. The van der Waals surface area contributed by atoms with Gasteiger partial charge >= 0.3 is 6.18 Å². The van der Waals surface area contributed by atoms with Crippen molar-refractivity contribution < 1.29 is 22.3 Å². The molecule has 0 aromatic heterocycles. The fraction of sp³-hybridized carbons (Fsp3) is 0.250. The van der Waals surface area contributed by atoms with E-state index in [0.717, 1.165) is 13.2 Å². The Kier molecular flexibility index (Phi) is 3.04. The molecule has 14 heavy (non-hydrogen) atoms. The molecule has 0 N–H and O–H groups in total. The summed E-state index contributed by atoms with van der Waals surface area (Å²) < 4.78 is 54.0. The van der Waals surface area contributed by atoms with E-state index in [4.69, 9.17) is 0 Å². The van der Waals surface area contributed by atoms with Crippen molar-refractivity contribution in [1.82, 2.24) is 0 Å². The largest absolute Gasteiger partial charge is 0.495 e. The molecule has 0 atom stereocenters. The second-order valence-electron chi connectivity index (χ2n) is 2.44. The Morgan fingerprint density at radius 3 is 2.29 bits per heavy atom. The van der Waals surface area contributed by atoms with Crippen molar-refractivity contribution in [3.8, 4) is 5.75 Å². The van der Waals surface area contributed by atoms with Crippen LogP contribution in [0.5, 0.6) is 5.75 Å². The topological polar surface area (TPSA) is 9.23 Å². The van der Waals surface area contributed by atoms with E-state index in [0.29, 0.717) is 6.07 Å². The van der Waals surface area contributed by atoms with Gasteiger partial charge in [0.25, 0.3) is 0 Å². The monoisotopic (exact) mass is 272 g/mol. The maximum Gasteiger partial charge on any atom is 0.420 e. The normalized spacial score (nSPS) is 11.6. The van der Waals surface area contributed by atoms with Crippen LogP contribution in [-0.2, 0) is 6.18 Å². The molecule has 0 heterocycles. The van der Waals surface area contributed by atoms with E-state index in [2.05, 4.69) is 20.7 Å². The van der Waals surface area contributed by atoms with Gasteiger partial charge in [-0.2, -0.15) is 13.2 Å². The van der Waals surface area contributed by atoms with E-state index in [1.807, 2.05) is 0 Å². The second-order valence-corrected chi connectivity index (χ2v) is 3.23. The third kappa shape index (κ3) is 2.00. The SMILES string of the molecule is COc1c(C(F)(F)F)ccc(F)c1Br. The summed E-state index contributed by atoms with van der Waals surface area (Å²) in [7, 11) is 1.05. The van der Waals surface area contributed by atoms with Gasteiger partial charge in [0.2, 0.25) is 0 Å². The Morgan fingerprint density at radius 2 is 1.86 bits per heavy atom. The highest BCUT2D eigenvalue weighted by Gasteiger charge is 2.35. The number of ether oxygens (including phenoxy) is 1. The molecule has 1 nitrogen and oxygen atoms in total. The summed E-state index contributed by atoms with van der Waals surface area (Å²) in [4.78, 5) is 0. The molecular weight excluding hydrogens is 268 g/mol. The predicted octanol–water partition coefficient (Wildman–Crippen LogP) is 3.62. The summed E-state index contributed by atoms with van der Waals surface area (Å²) in [6.45, 7) is 0. The van der Waals surface area contributed by atoms with Crippen LogP contribution in [0.25, 0.3) is 0 Å². The smallest absolute Gasteiger partial charge is 0.420 e. The fourth-order valence-electron chi connectivity index (χ4n) is 0.955. The van der Waals surface area contributed by atoms with Crippen molar-refractivity contribution in [2.24, 2.45) is 0 Å². The number of methoxy groups -OCH3 is 1. The number of alkyl halides is 3. The standard InChI is InChI=1S/C8H5BrF4O/c1-14-7-4(8(11,12)13)2-3-5(10)6(7)9/h2-3H,1H3. The summed E-state index contributed by atoms with van der Waals surface area (Å²) in [6.07, 6.45) is -4.55. The Labute approximate surface area is 85.8 Å². The number of hydrogen-bond donors (Lipinski definition) is 0. The molecule has 78 valence electrons. The van der Waals surface area contributed by atoms with Crippen molar-refractivity contribution >= 4 is 15.9 Å². The van der Waals surface area contributed by atoms with Crippen LogP contribution in [0.4, 0.5) is 17.6 Å². The van der Waals surface area contributed by atoms with Gasteiger partial charge in [-0.1, -0.05) is 0 Å². The Hall–Kier alpha value is -0.780. The molecule has 1 rings (SSSR count). The highest BCUT2D eigenvalue weighted by Crippen LogP contribution is 2.41. The van der Waals surface area contributed by atoms with Gasteiger partial charge in [0.15, 0.2) is 0 Å². The molecular formula is C8H5BrF4O. The van der Waals surface area contributed by atoms with Crippen LogP contribution < -0.4 is 4.74 Å². The number of halogens is 5. The summed E-state index contributed by atoms with van der Waals surface area (Å²) in [5.74, 6) is -1.34. The van der Waals surface area contributed by atoms with Gasteiger partial charge in [0.05, 0.1) is 17.1 Å². The summed E-state index contributed by atoms with van der Waals surface area (Å²) in [5.41, 5.74) is -1.01. The average molecular weight is 273 g/mol. The zero-order valence-corrected chi connectivity index (χ0v) is 8.54. The van der Waals surface area contributed by atoms with Crippen molar-refractivity contribution in [1.29, 1.82) is 0 Å². The second kappa shape index (κ2) is 3.76. The number of benzene rings is 1. The lowest BCUT2D eigenvalue weighted by molar-refractivity contribution is -0.138. The first-order valence-electron chi connectivity index (χ1n) is 3.47. The predicted molar refractivity (Wildman–Crippen MR) is 45.7 cm³/mol. The van der Waals surface area contributed by atoms with Crippen LogP contribution in [0.2, 0.25) is 0 Å². The molecule has 1 aromatic rings. The van der Waals surface area contributed by atoms with Crippen LogP contribution in [0, 0.1) is 5.82 Å². The fourth-order valence-corrected chi connectivity index (χ4v) is 1.46. The minimum Gasteiger partial charge on any atom is -0.495 e. The van der Waals surface area contributed by atoms with Gasteiger partial charge in [0, 0.05) is 0 Å². The molecule has 0 spiro atoms. The molecule has 1 aromatic carbocycles. The van der Waals surface area contributed by atoms with E-state index in [-0.39, 0.29) is 4.47 Å². The van der Waals surface area contributed by atoms with Crippen LogP contribution in [0.3, 0.4) is 0 Å². The first-order chi connectivity index (χ1) is 6.38. The maximum absolute atomic E-state index is 12.8. The van der Waals surface area contributed by atoms with Crippen molar-refractivity contribution in [3.63, 3.8) is 0 Å². The lowest BCUT2D eigenvalue weighted by Crippen LogP contribution is -2.08. The average Bonchev–Trinajstić information content (AvgIpc) is 2.07. The van der Waals surface area contributed by atoms with Gasteiger partial charge in [-0.3, -0.25) is 0 Å². The van der Waals surface area contributed by atoms with Crippen molar-refractivity contribution in [3.05, 3.63) is 28.0 Å². The molecule has 0 saturated heterocycles. The minimum absolute atomic E-state index is 0.324. The van der Waals surface area contributed by atoms with Gasteiger partial charge in [0.1, 0.15) is 11.6 Å². The summed E-state index contributed by atoms with van der Waals surface area (Å²) in [6, 6.07) is 1.37. The quantitative estimate of drug-likeness (QED) is 0.710. The van der Waals surface area contributed by atoms with Gasteiger partial charge in [-0.25, -0.2) is 4.39 Å². The van der Waals surface area contributed by atoms with Crippen molar-refractivity contribution in [2.45, 2.75) is 6.18 Å². The van der Waals surface area contributed by atoms with Crippen LogP contribution >= 0.6 is 15.9 Å². The first-order valence-corrected chi connectivity index (χ1v) is 4.26. The maximum atomic E-state index is 12.8. The van der Waals surface area contributed by atoms with E-state index < -0.39 is 23.3 Å². The van der Waals surface area contributed by atoms with E-state index in [1.165, 1.54) is 0 Å². The summed E-state index contributed by atoms with van der Waals surface area (Å²) in [5, 5.41) is 0. The third-order valence-electron chi connectivity index (χ3n) is 1.56. The van der Waals surface area contributed by atoms with E-state index >= 15 is 0 Å².